The zero-order chi connectivity index (χ0) is 40.3. The van der Waals surface area contributed by atoms with Gasteiger partial charge in [-0.3, -0.25) is 9.59 Å². The highest BCUT2D eigenvalue weighted by atomic mass is 32.2. The predicted molar refractivity (Wildman–Crippen MR) is 219 cm³/mol. The second-order valence-corrected chi connectivity index (χ2v) is 17.1. The molecule has 0 saturated carbocycles. The van der Waals surface area contributed by atoms with Gasteiger partial charge in [0, 0.05) is 30.1 Å². The van der Waals surface area contributed by atoms with Crippen LogP contribution in [0.2, 0.25) is 0 Å². The van der Waals surface area contributed by atoms with E-state index in [1.54, 1.807) is 42.5 Å². The molecule has 0 radical (unpaired) electrons. The monoisotopic (exact) mass is 801 g/mol. The molecule has 0 aromatic heterocycles. The summed E-state index contributed by atoms with van der Waals surface area (Å²) in [6.45, 7) is 4.24. The van der Waals surface area contributed by atoms with Crippen molar-refractivity contribution >= 4 is 50.8 Å². The van der Waals surface area contributed by atoms with Gasteiger partial charge in [-0.2, -0.15) is 0 Å². The Balaban J connectivity index is 1.42. The van der Waals surface area contributed by atoms with Crippen LogP contribution in [-0.4, -0.2) is 67.6 Å². The van der Waals surface area contributed by atoms with Crippen LogP contribution >= 0.6 is 11.8 Å². The molecule has 13 heteroatoms. The Kier molecular flexibility index (Phi) is 14.5. The van der Waals surface area contributed by atoms with Gasteiger partial charge in [-0.25, -0.2) is 13.2 Å². The fourth-order valence-corrected chi connectivity index (χ4v) is 9.86. The van der Waals surface area contributed by atoms with Gasteiger partial charge in [0.2, 0.25) is 5.91 Å². The first kappa shape index (κ1) is 42.1. The molecule has 0 aliphatic carbocycles. The van der Waals surface area contributed by atoms with Crippen molar-refractivity contribution in [3.63, 3.8) is 0 Å². The highest BCUT2D eigenvalue weighted by molar-refractivity contribution is 7.98. The maximum Gasteiger partial charge on any atom is 0.326 e. The van der Waals surface area contributed by atoms with Crippen molar-refractivity contribution in [3.05, 3.63) is 108 Å². The molecule has 0 bridgehead atoms. The summed E-state index contributed by atoms with van der Waals surface area (Å²) in [4.78, 5) is 42.3. The van der Waals surface area contributed by atoms with Gasteiger partial charge in [-0.1, -0.05) is 100 Å². The molecule has 5 rings (SSSR count). The van der Waals surface area contributed by atoms with E-state index in [9.17, 15) is 33.0 Å². The Labute approximate surface area is 333 Å². The minimum Gasteiger partial charge on any atom is -0.508 e. The quantitative estimate of drug-likeness (QED) is 0.0744. The summed E-state index contributed by atoms with van der Waals surface area (Å²) in [6.07, 6.45) is 7.08. The number of anilines is 2. The number of amides is 2. The van der Waals surface area contributed by atoms with Crippen molar-refractivity contribution in [1.29, 1.82) is 0 Å². The molecule has 1 heterocycles. The first-order chi connectivity index (χ1) is 26.9. The van der Waals surface area contributed by atoms with E-state index in [4.69, 9.17) is 4.74 Å². The second kappa shape index (κ2) is 19.2. The van der Waals surface area contributed by atoms with Crippen molar-refractivity contribution in [1.82, 2.24) is 10.6 Å². The van der Waals surface area contributed by atoms with Crippen molar-refractivity contribution in [3.8, 4) is 11.5 Å². The van der Waals surface area contributed by atoms with Crippen molar-refractivity contribution in [2.75, 3.05) is 30.1 Å². The number of benzene rings is 4. The molecule has 0 unspecified atom stereocenters. The number of fused-ring (bicyclic) bond motifs is 1. The average molecular weight is 802 g/mol. The number of phenolic OH excluding ortho intramolecular Hbond substituents is 1. The molecule has 1 aliphatic heterocycles. The number of hydrogen-bond acceptors (Lipinski definition) is 9. The number of nitrogens with zero attached hydrogens (tertiary/aromatic N) is 1. The summed E-state index contributed by atoms with van der Waals surface area (Å²) >= 11 is 1.37. The molecular weight excluding hydrogens is 751 g/mol. The lowest BCUT2D eigenvalue weighted by Gasteiger charge is -2.37. The number of carbonyl (C=O) groups excluding carboxylic acids is 2. The van der Waals surface area contributed by atoms with Crippen LogP contribution in [-0.2, 0) is 30.6 Å². The number of thioether (sulfide) groups is 1. The van der Waals surface area contributed by atoms with E-state index in [2.05, 4.69) is 29.4 Å². The van der Waals surface area contributed by atoms with Crippen LogP contribution in [0.25, 0.3) is 0 Å². The molecule has 56 heavy (non-hydrogen) atoms. The summed E-state index contributed by atoms with van der Waals surface area (Å²) in [5, 5.41) is 24.8. The maximum atomic E-state index is 14.5. The molecule has 11 nitrogen and oxygen atoms in total. The van der Waals surface area contributed by atoms with E-state index in [1.165, 1.54) is 30.0 Å². The number of para-hydroxylation sites is 1. The summed E-state index contributed by atoms with van der Waals surface area (Å²) in [7, 11) is -3.83. The van der Waals surface area contributed by atoms with E-state index in [0.29, 0.717) is 28.3 Å². The van der Waals surface area contributed by atoms with E-state index in [1.807, 2.05) is 42.7 Å². The first-order valence-corrected chi connectivity index (χ1v) is 21.8. The van der Waals surface area contributed by atoms with Gasteiger partial charge in [0.15, 0.2) is 16.4 Å². The summed E-state index contributed by atoms with van der Waals surface area (Å²) in [5.41, 5.74) is 1.98. The third-order valence-electron chi connectivity index (χ3n) is 10.1. The fraction of sp³-hybridized carbons (Fsp3) is 0.372. The van der Waals surface area contributed by atoms with Crippen LogP contribution in [0.1, 0.15) is 69.5 Å². The van der Waals surface area contributed by atoms with Crippen molar-refractivity contribution < 1.29 is 37.8 Å². The number of sulfone groups is 1. The molecule has 4 aromatic rings. The third kappa shape index (κ3) is 10.6. The average Bonchev–Trinajstić information content (AvgIpc) is 3.29. The molecule has 4 aromatic carbocycles. The molecule has 4 N–H and O–H groups in total. The van der Waals surface area contributed by atoms with E-state index >= 15 is 0 Å². The number of carboxylic acid groups (broad SMARTS) is 1. The molecular formula is C43H51N3O8S2. The van der Waals surface area contributed by atoms with Gasteiger partial charge >= 0.3 is 5.97 Å². The predicted octanol–water partition coefficient (Wildman–Crippen LogP) is 7.45. The molecule has 0 spiro atoms. The van der Waals surface area contributed by atoms with Crippen LogP contribution in [0.4, 0.5) is 11.4 Å². The van der Waals surface area contributed by atoms with E-state index in [-0.39, 0.29) is 28.6 Å². The van der Waals surface area contributed by atoms with Gasteiger partial charge in [-0.15, -0.1) is 11.8 Å². The molecule has 1 aliphatic rings. The third-order valence-corrected chi connectivity index (χ3v) is 12.8. The van der Waals surface area contributed by atoms with Gasteiger partial charge < -0.3 is 30.5 Å². The summed E-state index contributed by atoms with van der Waals surface area (Å²) < 4.78 is 35.0. The number of rotatable bonds is 18. The van der Waals surface area contributed by atoms with E-state index < -0.39 is 51.7 Å². The van der Waals surface area contributed by atoms with Gasteiger partial charge in [0.1, 0.15) is 23.6 Å². The first-order valence-electron chi connectivity index (χ1n) is 18.9. The highest BCUT2D eigenvalue weighted by Gasteiger charge is 2.42. The number of ether oxygens (including phenoxy) is 1. The number of hydrogen-bond donors (Lipinski definition) is 4. The smallest absolute Gasteiger partial charge is 0.326 e. The lowest BCUT2D eigenvalue weighted by atomic mass is 9.79. The molecule has 2 amide bonds. The van der Waals surface area contributed by atoms with Crippen LogP contribution < -0.4 is 20.3 Å². The Bertz CT molecular complexity index is 2050. The van der Waals surface area contributed by atoms with Crippen molar-refractivity contribution in [2.24, 2.45) is 5.41 Å². The van der Waals surface area contributed by atoms with Crippen LogP contribution in [0.3, 0.4) is 0 Å². The standard InChI is InChI=1S/C43H51N3O8S2/c1-4-6-22-43(23-7-5-2)28-46(32-16-12-9-13-17-32)35-25-37(55-3)36(26-38(35)56(52,53)29-43)54-27-39(48)45-40(31-14-10-8-11-15-31)41(49)44-34(42(50)51)24-30-18-20-33(47)21-19-30/h8-21,25-26,34,40,47H,4-7,22-24,27-29H2,1-3H3,(H,44,49)(H,45,48)(H,50,51)/t34-,40-/m1/s1. The largest absolute Gasteiger partial charge is 0.508 e. The minimum absolute atomic E-state index is 0.00712. The number of carboxylic acids is 1. The zero-order valence-electron chi connectivity index (χ0n) is 32.1. The van der Waals surface area contributed by atoms with Crippen LogP contribution in [0, 0.1) is 5.41 Å². The van der Waals surface area contributed by atoms with Crippen LogP contribution in [0.5, 0.6) is 11.5 Å². The van der Waals surface area contributed by atoms with Gasteiger partial charge in [0.05, 0.1) is 21.2 Å². The Morgan fingerprint density at radius 1 is 0.893 bits per heavy atom. The minimum atomic E-state index is -3.83. The number of nitrogens with one attached hydrogen (secondary N) is 2. The normalized spacial score (nSPS) is 15.4. The number of phenols is 1. The van der Waals surface area contributed by atoms with Gasteiger partial charge in [-0.05, 0) is 60.6 Å². The number of aromatic hydroxyl groups is 1. The summed E-state index contributed by atoms with van der Waals surface area (Å²) in [6, 6.07) is 25.0. The molecule has 298 valence electrons. The number of aliphatic carboxylic acids is 1. The topological polar surface area (TPSA) is 162 Å². The Morgan fingerprint density at radius 2 is 1.52 bits per heavy atom. The molecule has 0 fully saturated rings. The van der Waals surface area contributed by atoms with Crippen molar-refractivity contribution in [2.45, 2.75) is 80.7 Å². The van der Waals surface area contributed by atoms with Crippen LogP contribution in [0.15, 0.2) is 107 Å². The van der Waals surface area contributed by atoms with Gasteiger partial charge in [0.25, 0.3) is 5.91 Å². The lowest BCUT2D eigenvalue weighted by molar-refractivity contribution is -0.142. The van der Waals surface area contributed by atoms with E-state index in [0.717, 1.165) is 44.2 Å². The zero-order valence-corrected chi connectivity index (χ0v) is 33.7. The fourth-order valence-electron chi connectivity index (χ4n) is 7.19. The maximum absolute atomic E-state index is 14.5. The molecule has 2 atom stereocenters. The lowest BCUT2D eigenvalue weighted by Crippen LogP contribution is -2.48. The number of unbranched alkanes of at least 4 members (excludes halogenated alkanes) is 2. The second-order valence-electron chi connectivity index (χ2n) is 14.3. The highest BCUT2D eigenvalue weighted by Crippen LogP contribution is 2.47. The number of carbonyl (C=O) groups is 3. The SMILES string of the molecule is CCCCC1(CCCC)CN(c2ccccc2)c2cc(SC)c(OCC(=O)N[C@@H](C(=O)N[C@H](Cc3ccc(O)cc3)C(=O)O)c3ccccc3)cc2S(=O)(=O)C1. The summed E-state index contributed by atoms with van der Waals surface area (Å²) in [5.74, 6) is -2.45. The molecule has 0 saturated heterocycles. The Hall–Kier alpha value is -5.01. The Morgan fingerprint density at radius 3 is 2.11 bits per heavy atom.